The van der Waals surface area contributed by atoms with Gasteiger partial charge in [-0.15, -0.1) is 0 Å². The van der Waals surface area contributed by atoms with Crippen molar-refractivity contribution in [1.82, 2.24) is 4.98 Å². The summed E-state index contributed by atoms with van der Waals surface area (Å²) in [7, 11) is 0. The topological polar surface area (TPSA) is 40.6 Å². The number of ether oxygens (including phenoxy) is 1. The van der Waals surface area contributed by atoms with E-state index in [9.17, 15) is 0 Å². The van der Waals surface area contributed by atoms with Crippen molar-refractivity contribution in [3.63, 3.8) is 0 Å². The van der Waals surface area contributed by atoms with Crippen LogP contribution in [-0.4, -0.2) is 49.4 Å². The molecule has 1 N–H and O–H groups in total. The van der Waals surface area contributed by atoms with Crippen molar-refractivity contribution in [2.24, 2.45) is 0 Å². The Morgan fingerprint density at radius 2 is 1.73 bits per heavy atom. The van der Waals surface area contributed by atoms with Crippen molar-refractivity contribution < 1.29 is 4.74 Å². The maximum atomic E-state index is 5.76. The number of thiazole rings is 1. The van der Waals surface area contributed by atoms with Gasteiger partial charge in [0.1, 0.15) is 9.87 Å². The van der Waals surface area contributed by atoms with Crippen LogP contribution in [0.2, 0.25) is 0 Å². The maximum Gasteiger partial charge on any atom is 0.188 e. The Kier molecular flexibility index (Phi) is 5.67. The third-order valence-electron chi connectivity index (χ3n) is 4.77. The molecule has 3 heterocycles. The molecule has 2 aliphatic heterocycles. The molecule has 2 aliphatic rings. The van der Waals surface area contributed by atoms with Crippen molar-refractivity contribution >= 4 is 45.2 Å². The monoisotopic (exact) mass is 388 g/mol. The van der Waals surface area contributed by atoms with E-state index in [1.54, 1.807) is 11.3 Å². The first-order valence-electron chi connectivity index (χ1n) is 9.26. The van der Waals surface area contributed by atoms with Crippen LogP contribution >= 0.6 is 23.6 Å². The number of aromatic nitrogens is 1. The summed E-state index contributed by atoms with van der Waals surface area (Å²) in [6.07, 6.45) is 3.81. The van der Waals surface area contributed by atoms with Gasteiger partial charge in [-0.1, -0.05) is 41.8 Å². The van der Waals surface area contributed by atoms with E-state index >= 15 is 0 Å². The number of nitrogens with one attached hydrogen (secondary N) is 1. The molecule has 26 heavy (non-hydrogen) atoms. The summed E-state index contributed by atoms with van der Waals surface area (Å²) in [5.74, 6) is 1.01. The minimum absolute atomic E-state index is 0.745. The van der Waals surface area contributed by atoms with E-state index in [1.165, 1.54) is 19.3 Å². The first-order valence-corrected chi connectivity index (χ1v) is 10.5. The van der Waals surface area contributed by atoms with Crippen molar-refractivity contribution in [2.75, 3.05) is 54.5 Å². The zero-order chi connectivity index (χ0) is 17.8. The molecule has 1 aromatic carbocycles. The summed E-state index contributed by atoms with van der Waals surface area (Å²) in [5, 5.41) is 4.48. The van der Waals surface area contributed by atoms with Gasteiger partial charge in [0.15, 0.2) is 10.9 Å². The van der Waals surface area contributed by atoms with E-state index in [4.69, 9.17) is 21.9 Å². The highest BCUT2D eigenvalue weighted by Gasteiger charge is 2.25. The Hall–Kier alpha value is -1.70. The number of morpholine rings is 1. The molecule has 0 spiro atoms. The molecule has 0 bridgehead atoms. The first kappa shape index (κ1) is 17.7. The standard InChI is InChI=1S/C19H24N4OS2/c25-18(20-15-7-3-1-4-8-15)16-17(22-11-13-24-14-12-22)21-19(26-16)23-9-5-2-6-10-23/h1,3-4,7-8H,2,5-6,9-14H2,(H,20,25). The van der Waals surface area contributed by atoms with Crippen LogP contribution < -0.4 is 15.1 Å². The van der Waals surface area contributed by atoms with Crippen LogP contribution in [0.5, 0.6) is 0 Å². The first-order chi connectivity index (χ1) is 12.8. The third-order valence-corrected chi connectivity index (χ3v) is 6.33. The lowest BCUT2D eigenvalue weighted by Gasteiger charge is -2.28. The Bertz CT molecular complexity index is 737. The summed E-state index contributed by atoms with van der Waals surface area (Å²) in [5.41, 5.74) is 1.01. The van der Waals surface area contributed by atoms with Gasteiger partial charge < -0.3 is 19.9 Å². The van der Waals surface area contributed by atoms with Gasteiger partial charge in [0, 0.05) is 31.9 Å². The van der Waals surface area contributed by atoms with Crippen LogP contribution in [0.3, 0.4) is 0 Å². The number of para-hydroxylation sites is 1. The van der Waals surface area contributed by atoms with Crippen LogP contribution in [0, 0.1) is 0 Å². The summed E-state index contributed by atoms with van der Waals surface area (Å²) >= 11 is 7.47. The predicted octanol–water partition coefficient (Wildman–Crippen LogP) is 3.76. The summed E-state index contributed by atoms with van der Waals surface area (Å²) in [6, 6.07) is 10.1. The van der Waals surface area contributed by atoms with Crippen LogP contribution in [0.15, 0.2) is 30.3 Å². The number of piperidine rings is 1. The molecule has 2 aromatic rings. The van der Waals surface area contributed by atoms with Crippen molar-refractivity contribution in [1.29, 1.82) is 0 Å². The number of anilines is 3. The molecular weight excluding hydrogens is 364 g/mol. The number of thiocarbonyl (C=S) groups is 1. The van der Waals surface area contributed by atoms with Gasteiger partial charge in [-0.25, -0.2) is 4.98 Å². The quantitative estimate of drug-likeness (QED) is 0.805. The van der Waals surface area contributed by atoms with Gasteiger partial charge in [0.25, 0.3) is 0 Å². The highest BCUT2D eigenvalue weighted by Crippen LogP contribution is 2.35. The Balaban J connectivity index is 1.61. The minimum Gasteiger partial charge on any atom is -0.378 e. The number of hydrogen-bond acceptors (Lipinski definition) is 6. The summed E-state index contributed by atoms with van der Waals surface area (Å²) in [4.78, 5) is 11.5. The molecule has 7 heteroatoms. The highest BCUT2D eigenvalue weighted by atomic mass is 32.1. The van der Waals surface area contributed by atoms with Crippen LogP contribution in [0.25, 0.3) is 0 Å². The second-order valence-corrected chi connectivity index (χ2v) is 8.00. The second kappa shape index (κ2) is 8.33. The molecule has 138 valence electrons. The molecule has 1 aromatic heterocycles. The maximum absolute atomic E-state index is 5.76. The van der Waals surface area contributed by atoms with Gasteiger partial charge in [-0.2, -0.15) is 0 Å². The fraction of sp³-hybridized carbons (Fsp3) is 0.474. The van der Waals surface area contributed by atoms with Crippen LogP contribution in [-0.2, 0) is 4.74 Å². The molecule has 0 amide bonds. The van der Waals surface area contributed by atoms with E-state index in [-0.39, 0.29) is 0 Å². The zero-order valence-electron chi connectivity index (χ0n) is 14.8. The molecule has 4 rings (SSSR count). The van der Waals surface area contributed by atoms with Crippen molar-refractivity contribution in [3.05, 3.63) is 35.2 Å². The van der Waals surface area contributed by atoms with Gasteiger partial charge in [-0.05, 0) is 31.4 Å². The number of benzene rings is 1. The molecular formula is C19H24N4OS2. The third kappa shape index (κ3) is 4.00. The normalized spacial score (nSPS) is 18.0. The van der Waals surface area contributed by atoms with Gasteiger partial charge >= 0.3 is 0 Å². The van der Waals surface area contributed by atoms with Crippen molar-refractivity contribution in [3.8, 4) is 0 Å². The Labute approximate surface area is 164 Å². The van der Waals surface area contributed by atoms with Gasteiger partial charge in [0.2, 0.25) is 0 Å². The Morgan fingerprint density at radius 1 is 1.00 bits per heavy atom. The van der Waals surface area contributed by atoms with Crippen LogP contribution in [0.4, 0.5) is 16.6 Å². The number of hydrogen-bond donors (Lipinski definition) is 1. The zero-order valence-corrected chi connectivity index (χ0v) is 16.5. The fourth-order valence-electron chi connectivity index (χ4n) is 3.37. The minimum atomic E-state index is 0.745. The van der Waals surface area contributed by atoms with Gasteiger partial charge in [-0.3, -0.25) is 0 Å². The molecule has 2 fully saturated rings. The predicted molar refractivity (Wildman–Crippen MR) is 113 cm³/mol. The van der Waals surface area contributed by atoms with E-state index in [0.29, 0.717) is 0 Å². The summed E-state index contributed by atoms with van der Waals surface area (Å²) < 4.78 is 5.52. The lowest BCUT2D eigenvalue weighted by atomic mass is 10.1. The van der Waals surface area contributed by atoms with E-state index in [0.717, 1.165) is 65.9 Å². The molecule has 2 saturated heterocycles. The summed E-state index contributed by atoms with van der Waals surface area (Å²) in [6.45, 7) is 5.40. The number of nitrogens with zero attached hydrogens (tertiary/aromatic N) is 3. The lowest BCUT2D eigenvalue weighted by Crippen LogP contribution is -2.37. The smallest absolute Gasteiger partial charge is 0.188 e. The van der Waals surface area contributed by atoms with Crippen LogP contribution in [0.1, 0.15) is 24.1 Å². The molecule has 5 nitrogen and oxygen atoms in total. The molecule has 0 saturated carbocycles. The largest absolute Gasteiger partial charge is 0.378 e. The molecule has 0 radical (unpaired) electrons. The molecule has 0 atom stereocenters. The fourth-order valence-corrected chi connectivity index (χ4v) is 4.74. The van der Waals surface area contributed by atoms with E-state index < -0.39 is 0 Å². The second-order valence-electron chi connectivity index (χ2n) is 6.62. The van der Waals surface area contributed by atoms with Gasteiger partial charge in [0.05, 0.1) is 13.2 Å². The number of rotatable bonds is 4. The average molecular weight is 389 g/mol. The average Bonchev–Trinajstić information content (AvgIpc) is 3.16. The molecule has 0 unspecified atom stereocenters. The highest BCUT2D eigenvalue weighted by molar-refractivity contribution is 7.81. The molecule has 0 aliphatic carbocycles. The Morgan fingerprint density at radius 3 is 2.46 bits per heavy atom. The lowest BCUT2D eigenvalue weighted by molar-refractivity contribution is 0.122. The SMILES string of the molecule is S=C(Nc1ccccc1)c1sc(N2CCCCC2)nc1N1CCOCC1. The van der Waals surface area contributed by atoms with E-state index in [1.807, 2.05) is 30.3 Å². The van der Waals surface area contributed by atoms with Crippen molar-refractivity contribution in [2.45, 2.75) is 19.3 Å². The van der Waals surface area contributed by atoms with E-state index in [2.05, 4.69) is 15.1 Å².